The summed E-state index contributed by atoms with van der Waals surface area (Å²) in [5.74, 6) is 0.281. The Kier molecular flexibility index (Phi) is 10.5. The van der Waals surface area contributed by atoms with Gasteiger partial charge in [0, 0.05) is 42.3 Å². The smallest absolute Gasteiger partial charge is 0.410 e. The van der Waals surface area contributed by atoms with Gasteiger partial charge in [-0.05, 0) is 93.2 Å². The first kappa shape index (κ1) is 34.8. The van der Waals surface area contributed by atoms with E-state index < -0.39 is 12.2 Å². The molecule has 5 heterocycles. The number of hydrogen-bond acceptors (Lipinski definition) is 7. The molecule has 2 aromatic carbocycles. The highest BCUT2D eigenvalue weighted by molar-refractivity contribution is 9.11. The van der Waals surface area contributed by atoms with Gasteiger partial charge in [0.15, 0.2) is 11.3 Å². The molecule has 1 fully saturated rings. The molecule has 15 heteroatoms. The highest BCUT2D eigenvalue weighted by Crippen LogP contribution is 2.29. The molecule has 4 aromatic heterocycles. The van der Waals surface area contributed by atoms with Gasteiger partial charge in [0.05, 0.1) is 21.3 Å². The fourth-order valence-corrected chi connectivity index (χ4v) is 6.00. The number of nitrogens with zero attached hydrogens (tertiary/aromatic N) is 7. The molecule has 7 rings (SSSR count). The van der Waals surface area contributed by atoms with Gasteiger partial charge in [-0.1, -0.05) is 37.6 Å². The number of rotatable bonds is 9. The Hall–Kier alpha value is -4.08. The van der Waals surface area contributed by atoms with Crippen molar-refractivity contribution in [2.24, 2.45) is 0 Å². The van der Waals surface area contributed by atoms with Crippen molar-refractivity contribution in [1.82, 2.24) is 34.1 Å². The van der Waals surface area contributed by atoms with Crippen molar-refractivity contribution in [2.75, 3.05) is 19.6 Å². The van der Waals surface area contributed by atoms with E-state index in [9.17, 15) is 17.6 Å². The van der Waals surface area contributed by atoms with Crippen molar-refractivity contribution in [3.8, 4) is 33.8 Å². The molecular formula is C34H31Br2F4N7O2. The number of hydrogen-bond donors (Lipinski definition) is 0. The summed E-state index contributed by atoms with van der Waals surface area (Å²) in [4.78, 5) is 10.4. The third kappa shape index (κ3) is 8.75. The number of piperidine rings is 1. The maximum Gasteiger partial charge on any atom is 0.410 e. The van der Waals surface area contributed by atoms with Crippen LogP contribution in [0.3, 0.4) is 0 Å². The lowest BCUT2D eigenvalue weighted by Gasteiger charge is -2.30. The van der Waals surface area contributed by atoms with E-state index in [-0.39, 0.29) is 24.5 Å². The quantitative estimate of drug-likeness (QED) is 0.135. The van der Waals surface area contributed by atoms with Crippen LogP contribution >= 0.6 is 31.9 Å². The molecule has 0 amide bonds. The molecular weight excluding hydrogens is 774 g/mol. The summed E-state index contributed by atoms with van der Waals surface area (Å²) >= 11 is 6.74. The largest absolute Gasteiger partial charge is 0.433 e. The minimum absolute atomic E-state index is 0.131. The van der Waals surface area contributed by atoms with Crippen molar-refractivity contribution >= 4 is 43.2 Å². The summed E-state index contributed by atoms with van der Waals surface area (Å²) in [6, 6.07) is 13.1. The summed E-state index contributed by atoms with van der Waals surface area (Å²) in [7, 11) is 0. The van der Waals surface area contributed by atoms with E-state index in [0.29, 0.717) is 18.7 Å². The lowest BCUT2D eigenvalue weighted by molar-refractivity contribution is -0.189. The number of fused-ring (bicyclic) bond motifs is 2. The molecule has 0 spiro atoms. The SMILES string of the molecule is CCC(F)(F)Oc1ccc(-c2cnc3c(Br)cnn3c2)cc1.FC(F)(CN1CCCCC1)Oc1ccc(-c2cnc3c(Br)cnn3c2)cc1. The summed E-state index contributed by atoms with van der Waals surface area (Å²) < 4.78 is 69.3. The molecule has 0 unspecified atom stereocenters. The number of benzene rings is 2. The maximum atomic E-state index is 14.2. The molecule has 0 N–H and O–H groups in total. The zero-order chi connectivity index (χ0) is 34.6. The summed E-state index contributed by atoms with van der Waals surface area (Å²) in [6.45, 7) is 2.41. The molecule has 0 saturated carbocycles. The van der Waals surface area contributed by atoms with Crippen LogP contribution in [0.1, 0.15) is 32.6 Å². The molecule has 0 radical (unpaired) electrons. The second-order valence-corrected chi connectivity index (χ2v) is 13.1. The third-order valence-electron chi connectivity index (χ3n) is 7.80. The lowest BCUT2D eigenvalue weighted by Crippen LogP contribution is -2.43. The number of aromatic nitrogens is 6. The van der Waals surface area contributed by atoms with Crippen molar-refractivity contribution in [2.45, 2.75) is 44.8 Å². The van der Waals surface area contributed by atoms with Gasteiger partial charge in [-0.3, -0.25) is 4.90 Å². The Labute approximate surface area is 296 Å². The van der Waals surface area contributed by atoms with E-state index in [1.54, 1.807) is 75.1 Å². The Bertz CT molecular complexity index is 2020. The molecule has 256 valence electrons. The van der Waals surface area contributed by atoms with Crippen LogP contribution in [-0.2, 0) is 0 Å². The van der Waals surface area contributed by atoms with Gasteiger partial charge in [0.1, 0.15) is 18.0 Å². The van der Waals surface area contributed by atoms with Crippen molar-refractivity contribution in [1.29, 1.82) is 0 Å². The van der Waals surface area contributed by atoms with Gasteiger partial charge in [-0.15, -0.1) is 0 Å². The Morgan fingerprint density at radius 1 is 0.633 bits per heavy atom. The third-order valence-corrected chi connectivity index (χ3v) is 8.92. The van der Waals surface area contributed by atoms with Crippen LogP contribution < -0.4 is 9.47 Å². The zero-order valence-electron chi connectivity index (χ0n) is 26.2. The second-order valence-electron chi connectivity index (χ2n) is 11.4. The van der Waals surface area contributed by atoms with Crippen LogP contribution in [0, 0.1) is 0 Å². The normalized spacial score (nSPS) is 14.1. The first-order valence-corrected chi connectivity index (χ1v) is 17.1. The standard InChI is InChI=1S/C19H19BrF2N4O.C15H12BrF2N3O/c20-17-11-24-26-12-15(10-23-18(17)26)14-4-6-16(7-5-14)27-19(21,22)13-25-8-2-1-3-9-25;1-2-15(17,18)22-12-5-3-10(4-6-12)11-7-19-14-13(16)8-20-21(14)9-11/h4-7,10-12H,1-3,8-9,13H2;3-9H,2H2,1H3. The van der Waals surface area contributed by atoms with E-state index in [4.69, 9.17) is 4.74 Å². The van der Waals surface area contributed by atoms with Crippen LogP contribution in [-0.4, -0.2) is 65.9 Å². The molecule has 0 aliphatic carbocycles. The first-order chi connectivity index (χ1) is 23.5. The average Bonchev–Trinajstić information content (AvgIpc) is 3.66. The van der Waals surface area contributed by atoms with Gasteiger partial charge in [0.2, 0.25) is 0 Å². The highest BCUT2D eigenvalue weighted by atomic mass is 79.9. The predicted molar refractivity (Wildman–Crippen MR) is 184 cm³/mol. The van der Waals surface area contributed by atoms with Crippen LogP contribution in [0.15, 0.2) is 94.7 Å². The number of halogens is 6. The average molecular weight is 805 g/mol. The van der Waals surface area contributed by atoms with Crippen LogP contribution in [0.4, 0.5) is 17.6 Å². The van der Waals surface area contributed by atoms with Gasteiger partial charge in [-0.2, -0.15) is 27.8 Å². The highest BCUT2D eigenvalue weighted by Gasteiger charge is 2.35. The van der Waals surface area contributed by atoms with Crippen molar-refractivity contribution in [3.63, 3.8) is 0 Å². The Balaban J connectivity index is 0.000000174. The Morgan fingerprint density at radius 2 is 1.08 bits per heavy atom. The predicted octanol–water partition coefficient (Wildman–Crippen LogP) is 9.16. The molecule has 9 nitrogen and oxygen atoms in total. The molecule has 1 aliphatic heterocycles. The van der Waals surface area contributed by atoms with Crippen LogP contribution in [0.5, 0.6) is 11.5 Å². The lowest BCUT2D eigenvalue weighted by atomic mass is 10.1. The molecule has 1 saturated heterocycles. The first-order valence-electron chi connectivity index (χ1n) is 15.5. The maximum absolute atomic E-state index is 14.2. The molecule has 49 heavy (non-hydrogen) atoms. The monoisotopic (exact) mass is 803 g/mol. The fraction of sp³-hybridized carbons (Fsp3) is 0.294. The van der Waals surface area contributed by atoms with Crippen LogP contribution in [0.25, 0.3) is 33.5 Å². The Morgan fingerprint density at radius 3 is 1.53 bits per heavy atom. The second kappa shape index (κ2) is 14.8. The van der Waals surface area contributed by atoms with Crippen molar-refractivity contribution < 1.29 is 27.0 Å². The van der Waals surface area contributed by atoms with E-state index in [0.717, 1.165) is 56.1 Å². The molecule has 0 bridgehead atoms. The van der Waals surface area contributed by atoms with Gasteiger partial charge in [0.25, 0.3) is 0 Å². The summed E-state index contributed by atoms with van der Waals surface area (Å²) in [6.07, 6.45) is 6.75. The fourth-order valence-electron chi connectivity index (χ4n) is 5.25. The van der Waals surface area contributed by atoms with Crippen LogP contribution in [0.2, 0.25) is 0 Å². The van der Waals surface area contributed by atoms with Gasteiger partial charge in [-0.25, -0.2) is 19.0 Å². The number of likely N-dealkylation sites (tertiary alicyclic amines) is 1. The van der Waals surface area contributed by atoms with E-state index in [2.05, 4.69) is 56.8 Å². The van der Waals surface area contributed by atoms with E-state index in [1.807, 2.05) is 12.4 Å². The number of ether oxygens (including phenoxy) is 2. The van der Waals surface area contributed by atoms with E-state index >= 15 is 0 Å². The molecule has 0 atom stereocenters. The molecule has 1 aliphatic rings. The summed E-state index contributed by atoms with van der Waals surface area (Å²) in [5, 5.41) is 8.37. The van der Waals surface area contributed by atoms with Crippen molar-refractivity contribution in [3.05, 3.63) is 94.7 Å². The van der Waals surface area contributed by atoms with E-state index in [1.165, 1.54) is 19.1 Å². The number of alkyl halides is 4. The minimum atomic E-state index is -3.21. The zero-order valence-corrected chi connectivity index (χ0v) is 29.4. The van der Waals surface area contributed by atoms with Gasteiger partial charge >= 0.3 is 12.2 Å². The topological polar surface area (TPSA) is 82.1 Å². The van der Waals surface area contributed by atoms with Gasteiger partial charge < -0.3 is 9.47 Å². The summed E-state index contributed by atoms with van der Waals surface area (Å²) in [5.41, 5.74) is 4.79. The molecule has 6 aromatic rings. The minimum Gasteiger partial charge on any atom is -0.433 e.